The van der Waals surface area contributed by atoms with Crippen LogP contribution < -0.4 is 0 Å². The maximum Gasteiger partial charge on any atom is 0.310 e. The lowest BCUT2D eigenvalue weighted by Gasteiger charge is -2.08. The molecular weight excluding hydrogens is 272 g/mol. The average molecular weight is 300 g/mol. The molecule has 2 heteroatoms. The molecule has 1 fully saturated rings. The van der Waals surface area contributed by atoms with E-state index in [1.165, 1.54) is 11.1 Å². The largest absolute Gasteiger partial charge is 0.461 e. The second-order valence-electron chi connectivity index (χ2n) is 7.57. The molecule has 2 rings (SSSR count). The molecule has 0 bridgehead atoms. The monoisotopic (exact) mass is 300 g/mol. The first kappa shape index (κ1) is 16.8. The van der Waals surface area contributed by atoms with Gasteiger partial charge in [-0.1, -0.05) is 63.6 Å². The van der Waals surface area contributed by atoms with Crippen molar-refractivity contribution >= 4 is 5.97 Å². The Labute approximate surface area is 134 Å². The zero-order chi connectivity index (χ0) is 16.5. The highest BCUT2D eigenvalue weighted by Gasteiger charge is 2.61. The van der Waals surface area contributed by atoms with E-state index in [2.05, 4.69) is 59.8 Å². The summed E-state index contributed by atoms with van der Waals surface area (Å²) in [4.78, 5) is 12.3. The normalized spacial score (nSPS) is 22.3. The van der Waals surface area contributed by atoms with Crippen LogP contribution >= 0.6 is 0 Å². The van der Waals surface area contributed by atoms with Gasteiger partial charge >= 0.3 is 5.97 Å². The maximum atomic E-state index is 12.3. The fourth-order valence-corrected chi connectivity index (χ4v) is 3.04. The number of benzene rings is 1. The van der Waals surface area contributed by atoms with E-state index in [1.807, 2.05) is 12.1 Å². The Kier molecular flexibility index (Phi) is 4.79. The Morgan fingerprint density at radius 3 is 2.32 bits per heavy atom. The summed E-state index contributed by atoms with van der Waals surface area (Å²) in [6.07, 6.45) is 2.20. The van der Waals surface area contributed by atoms with E-state index in [1.54, 1.807) is 0 Å². The average Bonchev–Trinajstić information content (AvgIpc) is 2.96. The number of carbonyl (C=O) groups is 1. The maximum absolute atomic E-state index is 12.3. The van der Waals surface area contributed by atoms with Crippen LogP contribution in [0.3, 0.4) is 0 Å². The van der Waals surface area contributed by atoms with Gasteiger partial charge in [-0.25, -0.2) is 0 Å². The summed E-state index contributed by atoms with van der Waals surface area (Å²) in [5.41, 5.74) is 3.64. The lowest BCUT2D eigenvalue weighted by Crippen LogP contribution is -2.10. The van der Waals surface area contributed by atoms with Gasteiger partial charge in [0.15, 0.2) is 0 Å². The minimum atomic E-state index is -0.0690. The van der Waals surface area contributed by atoms with Crippen molar-refractivity contribution in [2.75, 3.05) is 0 Å². The fraction of sp³-hybridized carbons (Fsp3) is 0.550. The first-order valence-corrected chi connectivity index (χ1v) is 8.14. The molecule has 1 aliphatic rings. The molecule has 0 radical (unpaired) electrons. The second-order valence-corrected chi connectivity index (χ2v) is 7.57. The quantitative estimate of drug-likeness (QED) is 0.559. The van der Waals surface area contributed by atoms with Gasteiger partial charge in [0, 0.05) is 0 Å². The molecule has 1 aliphatic carbocycles. The van der Waals surface area contributed by atoms with Crippen molar-refractivity contribution in [1.29, 1.82) is 0 Å². The number of esters is 1. The molecule has 2 nitrogen and oxygen atoms in total. The molecule has 0 aromatic heterocycles. The Balaban J connectivity index is 1.92. The molecule has 1 aromatic rings. The highest BCUT2D eigenvalue weighted by Crippen LogP contribution is 2.59. The number of ether oxygens (including phenoxy) is 1. The van der Waals surface area contributed by atoms with E-state index in [0.29, 0.717) is 18.4 Å². The first-order valence-electron chi connectivity index (χ1n) is 8.14. The lowest BCUT2D eigenvalue weighted by atomic mass is 10.0. The standard InChI is InChI=1S/C20H28O2/c1-13(2)11-17-18(20(17,5)6)19(21)22-12-15-7-9-16(10-8-15)14(3)4/h7-11,14,17-18H,12H2,1-6H3/t17-,18+/m1/s1. The lowest BCUT2D eigenvalue weighted by molar-refractivity contribution is -0.147. The molecule has 120 valence electrons. The molecule has 1 aromatic carbocycles. The smallest absolute Gasteiger partial charge is 0.310 e. The van der Waals surface area contributed by atoms with Gasteiger partial charge in [0.1, 0.15) is 6.61 Å². The molecule has 0 saturated heterocycles. The van der Waals surface area contributed by atoms with Gasteiger partial charge in [0.05, 0.1) is 5.92 Å². The van der Waals surface area contributed by atoms with E-state index in [-0.39, 0.29) is 17.3 Å². The van der Waals surface area contributed by atoms with Crippen molar-refractivity contribution in [3.05, 3.63) is 47.0 Å². The summed E-state index contributed by atoms with van der Waals surface area (Å²) < 4.78 is 5.53. The molecule has 1 saturated carbocycles. The number of hydrogen-bond donors (Lipinski definition) is 0. The van der Waals surface area contributed by atoms with Crippen molar-refractivity contribution in [2.24, 2.45) is 17.3 Å². The Morgan fingerprint density at radius 2 is 1.82 bits per heavy atom. The van der Waals surface area contributed by atoms with Crippen molar-refractivity contribution < 1.29 is 9.53 Å². The van der Waals surface area contributed by atoms with E-state index in [4.69, 9.17) is 4.74 Å². The number of hydrogen-bond acceptors (Lipinski definition) is 2. The van der Waals surface area contributed by atoms with Crippen LogP contribution in [0.1, 0.15) is 58.6 Å². The molecule has 0 N–H and O–H groups in total. The van der Waals surface area contributed by atoms with Crippen LogP contribution in [0, 0.1) is 17.3 Å². The summed E-state index contributed by atoms with van der Waals surface area (Å²) in [6.45, 7) is 13.1. The van der Waals surface area contributed by atoms with E-state index in [9.17, 15) is 4.79 Å². The second kappa shape index (κ2) is 6.28. The van der Waals surface area contributed by atoms with Crippen molar-refractivity contribution in [3.8, 4) is 0 Å². The van der Waals surface area contributed by atoms with Crippen LogP contribution in [0.4, 0.5) is 0 Å². The fourth-order valence-electron chi connectivity index (χ4n) is 3.04. The zero-order valence-corrected chi connectivity index (χ0v) is 14.6. The van der Waals surface area contributed by atoms with Crippen molar-refractivity contribution in [1.82, 2.24) is 0 Å². The molecule has 0 heterocycles. The summed E-state index contributed by atoms with van der Waals surface area (Å²) >= 11 is 0. The minimum absolute atomic E-state index is 0.00247. The van der Waals surface area contributed by atoms with Crippen molar-refractivity contribution in [3.63, 3.8) is 0 Å². The number of carbonyl (C=O) groups excluding carboxylic acids is 1. The van der Waals surface area contributed by atoms with Gasteiger partial charge in [-0.3, -0.25) is 4.79 Å². The minimum Gasteiger partial charge on any atom is -0.461 e. The summed E-state index contributed by atoms with van der Waals surface area (Å²) in [6, 6.07) is 8.32. The number of rotatable bonds is 5. The highest BCUT2D eigenvalue weighted by molar-refractivity contribution is 5.78. The molecule has 0 aliphatic heterocycles. The van der Waals surface area contributed by atoms with Gasteiger partial charge in [0.2, 0.25) is 0 Å². The van der Waals surface area contributed by atoms with Gasteiger partial charge in [-0.2, -0.15) is 0 Å². The third-order valence-corrected chi connectivity index (χ3v) is 4.70. The topological polar surface area (TPSA) is 26.3 Å². The van der Waals surface area contributed by atoms with Crippen LogP contribution in [0.15, 0.2) is 35.9 Å². The van der Waals surface area contributed by atoms with E-state index in [0.717, 1.165) is 5.56 Å². The van der Waals surface area contributed by atoms with Crippen LogP contribution in [0.25, 0.3) is 0 Å². The van der Waals surface area contributed by atoms with Gasteiger partial charge in [-0.05, 0) is 42.2 Å². The Hall–Kier alpha value is -1.57. The van der Waals surface area contributed by atoms with Crippen LogP contribution in [0.2, 0.25) is 0 Å². The van der Waals surface area contributed by atoms with Crippen LogP contribution in [0.5, 0.6) is 0 Å². The predicted molar refractivity (Wildman–Crippen MR) is 90.5 cm³/mol. The van der Waals surface area contributed by atoms with Gasteiger partial charge in [-0.15, -0.1) is 0 Å². The van der Waals surface area contributed by atoms with E-state index < -0.39 is 0 Å². The third-order valence-electron chi connectivity index (χ3n) is 4.70. The zero-order valence-electron chi connectivity index (χ0n) is 14.6. The molecule has 0 amide bonds. The summed E-state index contributed by atoms with van der Waals surface area (Å²) in [5, 5.41) is 0. The SMILES string of the molecule is CC(C)=C[C@@H]1[C@@H](C(=O)OCc2ccc(C(C)C)cc2)C1(C)C. The third kappa shape index (κ3) is 3.60. The molecule has 0 unspecified atom stereocenters. The predicted octanol–water partition coefficient (Wildman–Crippen LogP) is 5.09. The summed E-state index contributed by atoms with van der Waals surface area (Å²) in [5.74, 6) is 0.764. The van der Waals surface area contributed by atoms with Gasteiger partial charge < -0.3 is 4.74 Å². The molecule has 22 heavy (non-hydrogen) atoms. The Bertz CT molecular complexity index is 560. The number of allylic oxidation sites excluding steroid dienone is 2. The summed E-state index contributed by atoms with van der Waals surface area (Å²) in [7, 11) is 0. The van der Waals surface area contributed by atoms with E-state index >= 15 is 0 Å². The highest BCUT2D eigenvalue weighted by atomic mass is 16.5. The van der Waals surface area contributed by atoms with Crippen LogP contribution in [-0.4, -0.2) is 5.97 Å². The molecule has 2 atom stereocenters. The van der Waals surface area contributed by atoms with Gasteiger partial charge in [0.25, 0.3) is 0 Å². The van der Waals surface area contributed by atoms with Crippen LogP contribution in [-0.2, 0) is 16.1 Å². The molecule has 0 spiro atoms. The first-order chi connectivity index (χ1) is 10.2. The molecular formula is C20H28O2. The van der Waals surface area contributed by atoms with Crippen molar-refractivity contribution in [2.45, 2.75) is 54.1 Å². The Morgan fingerprint density at radius 1 is 1.23 bits per heavy atom.